The van der Waals surface area contributed by atoms with Crippen molar-refractivity contribution >= 4 is 27.8 Å². The van der Waals surface area contributed by atoms with E-state index in [1.54, 1.807) is 36.4 Å². The van der Waals surface area contributed by atoms with Gasteiger partial charge in [-0.25, -0.2) is 0 Å². The average Bonchev–Trinajstić information content (AvgIpc) is 3.38. The van der Waals surface area contributed by atoms with Crippen LogP contribution in [0.15, 0.2) is 164 Å². The highest BCUT2D eigenvalue weighted by molar-refractivity contribution is 5.89. The molecule has 8 rings (SSSR count). The smallest absolute Gasteiger partial charge is 0.0651 e. The normalized spacial score (nSPS) is 15.5. The lowest BCUT2D eigenvalue weighted by molar-refractivity contribution is 0.660. The van der Waals surface area contributed by atoms with Crippen molar-refractivity contribution in [1.82, 2.24) is 0 Å². The standard InChI is InChI=1S/C43H33N/c1-43(2)41-18-9-8-17-39(41)40-26-25-38(29-42(40)43)44(36-23-21-32(22-24-36)30-11-4-3-5-12-30)37-16-10-15-34(28-37)35-20-19-31-13-6-7-14-33(31)27-35/h3-29H,1-2H3/i10D,15D,16D,21D,22D,23D,24D,28D. The van der Waals surface area contributed by atoms with Crippen molar-refractivity contribution in [3.63, 3.8) is 0 Å². The molecule has 0 radical (unpaired) electrons. The zero-order chi connectivity index (χ0) is 36.6. The maximum atomic E-state index is 9.68. The predicted molar refractivity (Wildman–Crippen MR) is 187 cm³/mol. The lowest BCUT2D eigenvalue weighted by Crippen LogP contribution is -2.16. The molecule has 0 atom stereocenters. The van der Waals surface area contributed by atoms with Gasteiger partial charge < -0.3 is 4.90 Å². The van der Waals surface area contributed by atoms with E-state index in [0.717, 1.165) is 33.0 Å². The molecule has 0 N–H and O–H groups in total. The van der Waals surface area contributed by atoms with Crippen LogP contribution in [0.1, 0.15) is 35.9 Å². The van der Waals surface area contributed by atoms with Crippen LogP contribution in [0.5, 0.6) is 0 Å². The van der Waals surface area contributed by atoms with Gasteiger partial charge in [-0.1, -0.05) is 135 Å². The van der Waals surface area contributed by atoms with Gasteiger partial charge in [0.25, 0.3) is 0 Å². The Hall–Kier alpha value is -5.40. The minimum absolute atomic E-state index is 0.106. The molecular formula is C43H33N. The van der Waals surface area contributed by atoms with Crippen molar-refractivity contribution in [3.05, 3.63) is 175 Å². The molecule has 1 heteroatoms. The zero-order valence-electron chi connectivity index (χ0n) is 32.4. The molecule has 0 bridgehead atoms. The minimum Gasteiger partial charge on any atom is -0.310 e. The van der Waals surface area contributed by atoms with E-state index in [9.17, 15) is 5.48 Å². The first-order valence-electron chi connectivity index (χ1n) is 18.7. The first-order chi connectivity index (χ1) is 24.9. The van der Waals surface area contributed by atoms with Crippen LogP contribution in [0.4, 0.5) is 17.1 Å². The van der Waals surface area contributed by atoms with Gasteiger partial charge in [-0.2, -0.15) is 0 Å². The number of anilines is 3. The summed E-state index contributed by atoms with van der Waals surface area (Å²) in [6.45, 7) is 4.24. The van der Waals surface area contributed by atoms with Gasteiger partial charge >= 0.3 is 0 Å². The second-order valence-corrected chi connectivity index (χ2v) is 11.6. The van der Waals surface area contributed by atoms with Crippen molar-refractivity contribution in [3.8, 4) is 33.4 Å². The van der Waals surface area contributed by atoms with Crippen LogP contribution < -0.4 is 4.90 Å². The first kappa shape index (κ1) is 19.0. The summed E-state index contributed by atoms with van der Waals surface area (Å²) in [6.07, 6.45) is 0. The van der Waals surface area contributed by atoms with Gasteiger partial charge in [-0.15, -0.1) is 0 Å². The van der Waals surface area contributed by atoms with Gasteiger partial charge in [0.05, 0.1) is 11.0 Å². The number of fused-ring (bicyclic) bond motifs is 4. The average molecular weight is 572 g/mol. The summed E-state index contributed by atoms with van der Waals surface area (Å²) in [5.41, 5.74) is 5.25. The van der Waals surface area contributed by atoms with Gasteiger partial charge in [-0.3, -0.25) is 0 Å². The highest BCUT2D eigenvalue weighted by Crippen LogP contribution is 2.50. The summed E-state index contributed by atoms with van der Waals surface area (Å²) in [7, 11) is 0. The number of hydrogen-bond acceptors (Lipinski definition) is 1. The van der Waals surface area contributed by atoms with Crippen molar-refractivity contribution in [2.24, 2.45) is 0 Å². The van der Waals surface area contributed by atoms with E-state index >= 15 is 0 Å². The van der Waals surface area contributed by atoms with E-state index in [4.69, 9.17) is 5.48 Å². The molecule has 7 aromatic rings. The molecule has 210 valence electrons. The molecule has 0 heterocycles. The molecule has 1 aliphatic rings. The molecule has 0 saturated heterocycles. The Morgan fingerprint density at radius 3 is 2.05 bits per heavy atom. The molecule has 1 nitrogen and oxygen atoms in total. The molecule has 0 aliphatic heterocycles. The molecular weight excluding hydrogens is 530 g/mol. The number of hydrogen-bond donors (Lipinski definition) is 0. The maximum Gasteiger partial charge on any atom is 0.0651 e. The highest BCUT2D eigenvalue weighted by atomic mass is 15.1. The summed E-state index contributed by atoms with van der Waals surface area (Å²) in [6, 6.07) is 33.4. The van der Waals surface area contributed by atoms with Crippen molar-refractivity contribution < 1.29 is 11.0 Å². The van der Waals surface area contributed by atoms with Crippen LogP contribution in [0, 0.1) is 0 Å². The van der Waals surface area contributed by atoms with E-state index in [1.807, 2.05) is 66.7 Å². The Morgan fingerprint density at radius 2 is 1.20 bits per heavy atom. The predicted octanol–water partition coefficient (Wildman–Crippen LogP) is 11.9. The van der Waals surface area contributed by atoms with E-state index in [2.05, 4.69) is 26.0 Å². The lowest BCUT2D eigenvalue weighted by Gasteiger charge is -2.28. The van der Waals surface area contributed by atoms with E-state index in [0.29, 0.717) is 16.8 Å². The molecule has 0 fully saturated rings. The largest absolute Gasteiger partial charge is 0.310 e. The van der Waals surface area contributed by atoms with E-state index in [-0.39, 0.29) is 58.8 Å². The zero-order valence-corrected chi connectivity index (χ0v) is 24.4. The van der Waals surface area contributed by atoms with Crippen LogP contribution in [-0.2, 0) is 5.41 Å². The van der Waals surface area contributed by atoms with Gasteiger partial charge in [0.15, 0.2) is 0 Å². The molecule has 0 aromatic heterocycles. The van der Waals surface area contributed by atoms with Gasteiger partial charge in [0.2, 0.25) is 0 Å². The van der Waals surface area contributed by atoms with Crippen LogP contribution in [-0.4, -0.2) is 0 Å². The summed E-state index contributed by atoms with van der Waals surface area (Å²) in [4.78, 5) is 1.43. The van der Waals surface area contributed by atoms with Crippen LogP contribution >= 0.6 is 0 Å². The fraction of sp³-hybridized carbons (Fsp3) is 0.0698. The molecule has 0 spiro atoms. The second-order valence-electron chi connectivity index (χ2n) is 11.6. The highest BCUT2D eigenvalue weighted by Gasteiger charge is 2.35. The van der Waals surface area contributed by atoms with Gasteiger partial charge in [0.1, 0.15) is 0 Å². The van der Waals surface area contributed by atoms with Crippen LogP contribution in [0.25, 0.3) is 44.2 Å². The van der Waals surface area contributed by atoms with Crippen LogP contribution in [0.2, 0.25) is 0 Å². The topological polar surface area (TPSA) is 3.24 Å². The van der Waals surface area contributed by atoms with Crippen molar-refractivity contribution in [2.75, 3.05) is 4.90 Å². The maximum absolute atomic E-state index is 9.68. The van der Waals surface area contributed by atoms with Gasteiger partial charge in [0, 0.05) is 22.5 Å². The number of nitrogens with zero attached hydrogens (tertiary/aromatic N) is 1. The summed E-state index contributed by atoms with van der Waals surface area (Å²) >= 11 is 0. The fourth-order valence-electron chi connectivity index (χ4n) is 6.30. The second kappa shape index (κ2) is 10.4. The third-order valence-electron chi connectivity index (χ3n) is 8.60. The molecule has 44 heavy (non-hydrogen) atoms. The molecule has 1 aliphatic carbocycles. The van der Waals surface area contributed by atoms with E-state index < -0.39 is 17.5 Å². The quantitative estimate of drug-likeness (QED) is 0.199. The SMILES string of the molecule is [2H]c1c([2H])c(-c2ccc3ccccc3c2)c([2H])c(N(c2ccc3c(c2)C(C)(C)c2ccccc2-3)c2c([2H])c([2H])c(-c3ccccc3)c([2H])c2[2H])c1[2H]. The Balaban J connectivity index is 1.45. The Bertz CT molecular complexity index is 2570. The third kappa shape index (κ3) is 4.41. The summed E-state index contributed by atoms with van der Waals surface area (Å²) in [5.74, 6) is 0. The molecule has 0 amide bonds. The molecule has 0 unspecified atom stereocenters. The Morgan fingerprint density at radius 1 is 0.477 bits per heavy atom. The lowest BCUT2D eigenvalue weighted by atomic mass is 9.82. The molecule has 0 saturated carbocycles. The van der Waals surface area contributed by atoms with Crippen molar-refractivity contribution in [2.45, 2.75) is 19.3 Å². The molecule has 7 aromatic carbocycles. The monoisotopic (exact) mass is 571 g/mol. The summed E-state index contributed by atoms with van der Waals surface area (Å²) in [5, 5.41) is 1.86. The Kier molecular flexibility index (Phi) is 4.49. The summed E-state index contributed by atoms with van der Waals surface area (Å²) < 4.78 is 74.1. The number of benzene rings is 7. The van der Waals surface area contributed by atoms with Crippen LogP contribution in [0.3, 0.4) is 0 Å². The van der Waals surface area contributed by atoms with Gasteiger partial charge in [-0.05, 0) is 97.6 Å². The minimum atomic E-state index is -0.436. The number of rotatable bonds is 5. The van der Waals surface area contributed by atoms with Crippen molar-refractivity contribution in [1.29, 1.82) is 0 Å². The Labute approximate surface area is 270 Å². The fourth-order valence-corrected chi connectivity index (χ4v) is 6.30. The van der Waals surface area contributed by atoms with E-state index in [1.165, 1.54) is 4.90 Å². The first-order valence-corrected chi connectivity index (χ1v) is 14.7. The third-order valence-corrected chi connectivity index (χ3v) is 8.60.